The van der Waals surface area contributed by atoms with Crippen molar-refractivity contribution in [3.8, 4) is 17.2 Å². The maximum absolute atomic E-state index is 13.6. The van der Waals surface area contributed by atoms with Crippen molar-refractivity contribution in [2.24, 2.45) is 7.05 Å². The number of anilines is 2. The number of carbonyl (C=O) groups excluding carboxylic acids is 1. The van der Waals surface area contributed by atoms with E-state index in [9.17, 15) is 4.79 Å². The molecule has 39 heavy (non-hydrogen) atoms. The number of hydrogen-bond donors (Lipinski definition) is 2. The summed E-state index contributed by atoms with van der Waals surface area (Å²) in [6.07, 6.45) is 9.82. The largest absolute Gasteiger partial charge is 0.367 e. The van der Waals surface area contributed by atoms with Crippen LogP contribution in [-0.2, 0) is 13.5 Å². The highest BCUT2D eigenvalue weighted by atomic mass is 16.2. The number of aromatic nitrogens is 3. The summed E-state index contributed by atoms with van der Waals surface area (Å²) in [6, 6.07) is 24.4. The molecular weight excluding hydrogens is 486 g/mol. The number of rotatable bonds is 8. The van der Waals surface area contributed by atoms with E-state index in [-0.39, 0.29) is 18.1 Å². The van der Waals surface area contributed by atoms with Crippen molar-refractivity contribution in [1.29, 1.82) is 5.26 Å². The smallest absolute Gasteiger partial charge is 0.322 e. The van der Waals surface area contributed by atoms with E-state index in [4.69, 9.17) is 5.26 Å². The number of benzene rings is 2. The molecule has 0 radical (unpaired) electrons. The Bertz CT molecular complexity index is 1400. The Morgan fingerprint density at radius 2 is 1.77 bits per heavy atom. The van der Waals surface area contributed by atoms with Crippen molar-refractivity contribution in [3.63, 3.8) is 0 Å². The van der Waals surface area contributed by atoms with Crippen LogP contribution in [0.3, 0.4) is 0 Å². The summed E-state index contributed by atoms with van der Waals surface area (Å²) in [5, 5.41) is 19.9. The highest BCUT2D eigenvalue weighted by Gasteiger charge is 2.30. The van der Waals surface area contributed by atoms with Crippen LogP contribution in [0.25, 0.3) is 11.1 Å². The van der Waals surface area contributed by atoms with E-state index in [2.05, 4.69) is 51.1 Å². The fourth-order valence-electron chi connectivity index (χ4n) is 5.16. The second-order valence-corrected chi connectivity index (χ2v) is 9.98. The summed E-state index contributed by atoms with van der Waals surface area (Å²) in [5.74, 6) is 0.777. The number of carbonyl (C=O) groups is 1. The number of nitrogens with one attached hydrogen (secondary N) is 2. The molecule has 2 aromatic carbocycles. The van der Waals surface area contributed by atoms with Gasteiger partial charge in [-0.2, -0.15) is 10.4 Å². The first-order valence-corrected chi connectivity index (χ1v) is 13.4. The van der Waals surface area contributed by atoms with Crippen molar-refractivity contribution in [1.82, 2.24) is 20.1 Å². The molecule has 5 rings (SSSR count). The van der Waals surface area contributed by atoms with Crippen molar-refractivity contribution in [2.45, 2.75) is 44.2 Å². The third-order valence-corrected chi connectivity index (χ3v) is 7.24. The summed E-state index contributed by atoms with van der Waals surface area (Å²) < 4.78 is 1.79. The lowest BCUT2D eigenvalue weighted by Crippen LogP contribution is -2.49. The molecule has 0 spiro atoms. The zero-order chi connectivity index (χ0) is 27.0. The van der Waals surface area contributed by atoms with Crippen molar-refractivity contribution < 1.29 is 4.79 Å². The summed E-state index contributed by atoms with van der Waals surface area (Å²) >= 11 is 0. The second kappa shape index (κ2) is 12.3. The Morgan fingerprint density at radius 3 is 2.41 bits per heavy atom. The van der Waals surface area contributed by atoms with Gasteiger partial charge in [-0.1, -0.05) is 42.5 Å². The van der Waals surface area contributed by atoms with E-state index in [1.807, 2.05) is 60.7 Å². The van der Waals surface area contributed by atoms with E-state index < -0.39 is 0 Å². The Kier molecular flexibility index (Phi) is 8.18. The third-order valence-electron chi connectivity index (χ3n) is 7.24. The predicted octanol–water partition coefficient (Wildman–Crippen LogP) is 5.54. The van der Waals surface area contributed by atoms with Crippen LogP contribution in [0.1, 0.15) is 36.8 Å². The molecule has 1 saturated carbocycles. The first kappa shape index (κ1) is 26.0. The third kappa shape index (κ3) is 6.63. The van der Waals surface area contributed by atoms with E-state index in [0.717, 1.165) is 54.7 Å². The molecule has 2 N–H and O–H groups in total. The van der Waals surface area contributed by atoms with Gasteiger partial charge in [-0.15, -0.1) is 0 Å². The molecule has 1 fully saturated rings. The van der Waals surface area contributed by atoms with Gasteiger partial charge >= 0.3 is 6.03 Å². The van der Waals surface area contributed by atoms with Gasteiger partial charge in [0, 0.05) is 49.3 Å². The van der Waals surface area contributed by atoms with Crippen LogP contribution in [0.15, 0.2) is 85.3 Å². The van der Waals surface area contributed by atoms with Gasteiger partial charge in [0.25, 0.3) is 0 Å². The fourth-order valence-corrected chi connectivity index (χ4v) is 5.16. The van der Waals surface area contributed by atoms with Gasteiger partial charge in [0.2, 0.25) is 0 Å². The van der Waals surface area contributed by atoms with Gasteiger partial charge in [0.1, 0.15) is 11.9 Å². The van der Waals surface area contributed by atoms with Crippen LogP contribution in [0.2, 0.25) is 0 Å². The number of amides is 2. The van der Waals surface area contributed by atoms with E-state index in [1.54, 1.807) is 16.9 Å². The normalized spacial score (nSPS) is 16.7. The van der Waals surface area contributed by atoms with Gasteiger partial charge in [0.15, 0.2) is 0 Å². The molecule has 198 valence electrons. The standard InChI is InChI=1S/C31H33N7O/c1-37-22-26(21-35-37)25-8-12-28(13-9-25)38(31(39)33-18-17-23-5-3-2-4-6-23)29-14-10-27(11-15-29)36-30-16-7-24(19-32)20-34-30/h2-9,12-13,16,20-22,27,29H,10-11,14-15,17-18H2,1H3,(H,33,39)(H,34,36). The molecule has 8 heteroatoms. The number of pyridine rings is 1. The van der Waals surface area contributed by atoms with Gasteiger partial charge in [-0.25, -0.2) is 9.78 Å². The average molecular weight is 520 g/mol. The zero-order valence-electron chi connectivity index (χ0n) is 22.1. The highest BCUT2D eigenvalue weighted by Crippen LogP contribution is 2.31. The molecule has 1 aliphatic carbocycles. The molecule has 0 saturated heterocycles. The van der Waals surface area contributed by atoms with Crippen LogP contribution in [0.5, 0.6) is 0 Å². The lowest BCUT2D eigenvalue weighted by atomic mass is 9.89. The first-order chi connectivity index (χ1) is 19.1. The van der Waals surface area contributed by atoms with E-state index in [1.165, 1.54) is 5.56 Å². The van der Waals surface area contributed by atoms with Gasteiger partial charge in [-0.05, 0) is 67.5 Å². The maximum Gasteiger partial charge on any atom is 0.322 e. The summed E-state index contributed by atoms with van der Waals surface area (Å²) in [6.45, 7) is 0.578. The minimum Gasteiger partial charge on any atom is -0.367 e. The topological polar surface area (TPSA) is 98.9 Å². The van der Waals surface area contributed by atoms with Crippen molar-refractivity contribution >= 4 is 17.5 Å². The maximum atomic E-state index is 13.6. The molecule has 2 heterocycles. The molecule has 0 aliphatic heterocycles. The second-order valence-electron chi connectivity index (χ2n) is 9.98. The molecule has 8 nitrogen and oxygen atoms in total. The molecule has 4 aromatic rings. The fraction of sp³-hybridized carbons (Fsp3) is 0.290. The lowest BCUT2D eigenvalue weighted by molar-refractivity contribution is 0.241. The minimum absolute atomic E-state index is 0.0646. The van der Waals surface area contributed by atoms with Gasteiger partial charge < -0.3 is 10.6 Å². The summed E-state index contributed by atoms with van der Waals surface area (Å²) in [5.41, 5.74) is 4.76. The number of nitrogens with zero attached hydrogens (tertiary/aromatic N) is 5. The minimum atomic E-state index is -0.0646. The summed E-state index contributed by atoms with van der Waals surface area (Å²) in [7, 11) is 1.90. The predicted molar refractivity (Wildman–Crippen MR) is 153 cm³/mol. The summed E-state index contributed by atoms with van der Waals surface area (Å²) in [4.78, 5) is 19.9. The van der Waals surface area contributed by atoms with Gasteiger partial charge in [0.05, 0.1) is 11.8 Å². The Balaban J connectivity index is 1.27. The number of aryl methyl sites for hydroxylation is 1. The van der Waals surface area contributed by atoms with Gasteiger partial charge in [-0.3, -0.25) is 9.58 Å². The molecule has 2 aromatic heterocycles. The SMILES string of the molecule is Cn1cc(-c2ccc(N(C(=O)NCCc3ccccc3)C3CCC(Nc4ccc(C#N)cn4)CC3)cc2)cn1. The van der Waals surface area contributed by atoms with Crippen LogP contribution in [0.4, 0.5) is 16.3 Å². The van der Waals surface area contributed by atoms with E-state index in [0.29, 0.717) is 12.1 Å². The zero-order valence-corrected chi connectivity index (χ0v) is 22.1. The van der Waals surface area contributed by atoms with Crippen LogP contribution >= 0.6 is 0 Å². The number of hydrogen-bond acceptors (Lipinski definition) is 5. The molecule has 0 unspecified atom stereocenters. The van der Waals surface area contributed by atoms with E-state index >= 15 is 0 Å². The Hall–Kier alpha value is -4.64. The van der Waals surface area contributed by atoms with Crippen molar-refractivity contribution in [3.05, 3.63) is 96.4 Å². The molecule has 0 bridgehead atoms. The molecule has 1 aliphatic rings. The number of urea groups is 1. The monoisotopic (exact) mass is 519 g/mol. The molecule has 0 atom stereocenters. The van der Waals surface area contributed by atoms with Crippen molar-refractivity contribution in [2.75, 3.05) is 16.8 Å². The Labute approximate surface area is 229 Å². The van der Waals surface area contributed by atoms with Crippen LogP contribution < -0.4 is 15.5 Å². The number of nitriles is 1. The Morgan fingerprint density at radius 1 is 1.00 bits per heavy atom. The lowest BCUT2D eigenvalue weighted by Gasteiger charge is -2.37. The highest BCUT2D eigenvalue weighted by molar-refractivity contribution is 5.93. The van der Waals surface area contributed by atoms with Crippen LogP contribution in [-0.4, -0.2) is 39.4 Å². The van der Waals surface area contributed by atoms with Crippen LogP contribution in [0, 0.1) is 11.3 Å². The quantitative estimate of drug-likeness (QED) is 0.319. The molecular formula is C31H33N7O. The first-order valence-electron chi connectivity index (χ1n) is 13.4. The average Bonchev–Trinajstić information content (AvgIpc) is 3.41. The molecule has 2 amide bonds.